The average Bonchev–Trinajstić information content (AvgIpc) is 2.71. The number of aliphatic hydroxyl groups excluding tert-OH is 1. The summed E-state index contributed by atoms with van der Waals surface area (Å²) in [5.74, 6) is 0.566. The molecule has 0 radical (unpaired) electrons. The Kier molecular flexibility index (Phi) is 4.21. The molecule has 1 aromatic rings. The van der Waals surface area contributed by atoms with Gasteiger partial charge in [-0.2, -0.15) is 0 Å². The standard InChI is InChI=1S/C13H20BNO2/c1-10(2)7-12(8-16)15-14-13-6-4-3-5-11(13)9-17-14/h3-6,10,12,15-16H,7-9H2,1-2H3. The Morgan fingerprint density at radius 3 is 2.88 bits per heavy atom. The molecule has 1 aliphatic heterocycles. The molecule has 1 unspecified atom stereocenters. The molecule has 0 aromatic heterocycles. The fourth-order valence-corrected chi connectivity index (χ4v) is 2.30. The third kappa shape index (κ3) is 3.09. The van der Waals surface area contributed by atoms with Crippen LogP contribution in [0.15, 0.2) is 24.3 Å². The number of benzene rings is 1. The molecule has 0 amide bonds. The second-order valence-corrected chi connectivity index (χ2v) is 5.07. The third-order valence-corrected chi connectivity index (χ3v) is 3.11. The lowest BCUT2D eigenvalue weighted by Crippen LogP contribution is -2.51. The molecule has 0 saturated heterocycles. The van der Waals surface area contributed by atoms with Gasteiger partial charge in [-0.25, -0.2) is 0 Å². The first-order valence-corrected chi connectivity index (χ1v) is 6.27. The van der Waals surface area contributed by atoms with Crippen molar-refractivity contribution in [2.24, 2.45) is 5.92 Å². The van der Waals surface area contributed by atoms with Gasteiger partial charge in [-0.05, 0) is 23.4 Å². The van der Waals surface area contributed by atoms with Crippen LogP contribution in [0.1, 0.15) is 25.8 Å². The number of hydrogen-bond donors (Lipinski definition) is 2. The van der Waals surface area contributed by atoms with Gasteiger partial charge in [0, 0.05) is 6.04 Å². The summed E-state index contributed by atoms with van der Waals surface area (Å²) in [5, 5.41) is 12.7. The van der Waals surface area contributed by atoms with Gasteiger partial charge >= 0.3 is 7.05 Å². The summed E-state index contributed by atoms with van der Waals surface area (Å²) in [6.07, 6.45) is 0.957. The highest BCUT2D eigenvalue weighted by Crippen LogP contribution is 2.11. The second-order valence-electron chi connectivity index (χ2n) is 5.07. The monoisotopic (exact) mass is 233 g/mol. The topological polar surface area (TPSA) is 41.5 Å². The maximum absolute atomic E-state index is 9.37. The Morgan fingerprint density at radius 1 is 1.41 bits per heavy atom. The number of hydrogen-bond acceptors (Lipinski definition) is 3. The van der Waals surface area contributed by atoms with Gasteiger partial charge in [-0.15, -0.1) is 0 Å². The van der Waals surface area contributed by atoms with Crippen molar-refractivity contribution in [2.75, 3.05) is 6.61 Å². The molecule has 0 saturated carbocycles. The maximum atomic E-state index is 9.37. The van der Waals surface area contributed by atoms with E-state index in [9.17, 15) is 5.11 Å². The first-order chi connectivity index (χ1) is 8.20. The first-order valence-electron chi connectivity index (χ1n) is 6.27. The molecule has 1 atom stereocenters. The van der Waals surface area contributed by atoms with Crippen LogP contribution >= 0.6 is 0 Å². The minimum Gasteiger partial charge on any atom is -0.413 e. The van der Waals surface area contributed by atoms with Crippen LogP contribution < -0.4 is 10.7 Å². The number of aliphatic hydroxyl groups is 1. The van der Waals surface area contributed by atoms with Gasteiger partial charge in [0.2, 0.25) is 0 Å². The van der Waals surface area contributed by atoms with Crippen LogP contribution in [0.2, 0.25) is 0 Å². The fourth-order valence-electron chi connectivity index (χ4n) is 2.30. The van der Waals surface area contributed by atoms with Crippen molar-refractivity contribution >= 4 is 12.5 Å². The van der Waals surface area contributed by atoms with E-state index in [0.29, 0.717) is 12.5 Å². The molecular formula is C13H20BNO2. The van der Waals surface area contributed by atoms with Crippen molar-refractivity contribution < 1.29 is 9.76 Å². The van der Waals surface area contributed by atoms with Crippen LogP contribution in [-0.2, 0) is 11.3 Å². The van der Waals surface area contributed by atoms with Crippen molar-refractivity contribution in [3.05, 3.63) is 29.8 Å². The number of fused-ring (bicyclic) bond motifs is 1. The van der Waals surface area contributed by atoms with E-state index in [4.69, 9.17) is 4.65 Å². The lowest BCUT2D eigenvalue weighted by Gasteiger charge is -2.20. The molecule has 92 valence electrons. The summed E-state index contributed by atoms with van der Waals surface area (Å²) in [4.78, 5) is 0. The van der Waals surface area contributed by atoms with E-state index in [1.54, 1.807) is 0 Å². The largest absolute Gasteiger partial charge is 0.416 e. The van der Waals surface area contributed by atoms with Crippen LogP contribution in [0, 0.1) is 5.92 Å². The molecule has 0 spiro atoms. The molecule has 0 aliphatic carbocycles. The molecule has 0 fully saturated rings. The summed E-state index contributed by atoms with van der Waals surface area (Å²) in [6.45, 7) is 5.13. The zero-order valence-electron chi connectivity index (χ0n) is 10.5. The number of nitrogens with one attached hydrogen (secondary N) is 1. The molecule has 1 aromatic carbocycles. The van der Waals surface area contributed by atoms with Crippen LogP contribution in [0.4, 0.5) is 0 Å². The van der Waals surface area contributed by atoms with Crippen LogP contribution in [0.3, 0.4) is 0 Å². The zero-order chi connectivity index (χ0) is 12.3. The zero-order valence-corrected chi connectivity index (χ0v) is 10.5. The Bertz CT molecular complexity index is 370. The fraction of sp³-hybridized carbons (Fsp3) is 0.538. The predicted octanol–water partition coefficient (Wildman–Crippen LogP) is 0.909. The summed E-state index contributed by atoms with van der Waals surface area (Å²) < 4.78 is 5.72. The van der Waals surface area contributed by atoms with Crippen molar-refractivity contribution in [2.45, 2.75) is 32.9 Å². The Balaban J connectivity index is 2.00. The second kappa shape index (κ2) is 5.67. The number of rotatable bonds is 5. The summed E-state index contributed by atoms with van der Waals surface area (Å²) in [7, 11) is -0.0675. The van der Waals surface area contributed by atoms with Gasteiger partial charge in [0.25, 0.3) is 0 Å². The molecule has 1 heterocycles. The minimum absolute atomic E-state index is 0.0675. The molecular weight excluding hydrogens is 213 g/mol. The first kappa shape index (κ1) is 12.6. The Morgan fingerprint density at radius 2 is 2.18 bits per heavy atom. The predicted molar refractivity (Wildman–Crippen MR) is 70.1 cm³/mol. The van der Waals surface area contributed by atoms with E-state index in [1.807, 2.05) is 12.1 Å². The third-order valence-electron chi connectivity index (χ3n) is 3.11. The average molecular weight is 233 g/mol. The molecule has 4 heteroatoms. The van der Waals surface area contributed by atoms with Crippen LogP contribution in [-0.4, -0.2) is 24.8 Å². The lowest BCUT2D eigenvalue weighted by molar-refractivity contribution is 0.230. The highest BCUT2D eigenvalue weighted by molar-refractivity contribution is 6.66. The van der Waals surface area contributed by atoms with Gasteiger partial charge in [0.15, 0.2) is 0 Å². The maximum Gasteiger partial charge on any atom is 0.416 e. The van der Waals surface area contributed by atoms with Crippen molar-refractivity contribution in [3.8, 4) is 0 Å². The normalized spacial score (nSPS) is 16.4. The molecule has 2 rings (SSSR count). The molecule has 2 N–H and O–H groups in total. The Labute approximate surface area is 103 Å². The van der Waals surface area contributed by atoms with E-state index in [-0.39, 0.29) is 19.7 Å². The molecule has 1 aliphatic rings. The van der Waals surface area contributed by atoms with Gasteiger partial charge in [-0.1, -0.05) is 38.1 Å². The van der Waals surface area contributed by atoms with Gasteiger partial charge in [0.1, 0.15) is 0 Å². The van der Waals surface area contributed by atoms with Crippen molar-refractivity contribution in [1.82, 2.24) is 5.23 Å². The lowest BCUT2D eigenvalue weighted by atomic mass is 9.72. The van der Waals surface area contributed by atoms with E-state index in [1.165, 1.54) is 11.0 Å². The smallest absolute Gasteiger partial charge is 0.413 e. The van der Waals surface area contributed by atoms with Crippen LogP contribution in [0.25, 0.3) is 0 Å². The van der Waals surface area contributed by atoms with Crippen LogP contribution in [0.5, 0.6) is 0 Å². The van der Waals surface area contributed by atoms with E-state index in [2.05, 4.69) is 31.2 Å². The molecule has 0 bridgehead atoms. The quantitative estimate of drug-likeness (QED) is 0.743. The molecule has 3 nitrogen and oxygen atoms in total. The van der Waals surface area contributed by atoms with Gasteiger partial charge < -0.3 is 15.0 Å². The summed E-state index contributed by atoms with van der Waals surface area (Å²) in [6, 6.07) is 8.34. The highest BCUT2D eigenvalue weighted by Gasteiger charge is 2.30. The van der Waals surface area contributed by atoms with Crippen molar-refractivity contribution in [3.63, 3.8) is 0 Å². The van der Waals surface area contributed by atoms with E-state index < -0.39 is 0 Å². The van der Waals surface area contributed by atoms with E-state index >= 15 is 0 Å². The summed E-state index contributed by atoms with van der Waals surface area (Å²) >= 11 is 0. The molecule has 17 heavy (non-hydrogen) atoms. The van der Waals surface area contributed by atoms with E-state index in [0.717, 1.165) is 6.42 Å². The summed E-state index contributed by atoms with van der Waals surface area (Å²) in [5.41, 5.74) is 2.45. The van der Waals surface area contributed by atoms with Crippen molar-refractivity contribution in [1.29, 1.82) is 0 Å². The minimum atomic E-state index is -0.0675. The SMILES string of the molecule is CC(C)CC(CO)NB1OCc2ccccc21. The van der Waals surface area contributed by atoms with Gasteiger partial charge in [-0.3, -0.25) is 0 Å². The van der Waals surface area contributed by atoms with Gasteiger partial charge in [0.05, 0.1) is 13.2 Å². The highest BCUT2D eigenvalue weighted by atomic mass is 16.4. The Hall–Kier alpha value is -0.835.